The van der Waals surface area contributed by atoms with E-state index in [-0.39, 0.29) is 43.6 Å². The summed E-state index contributed by atoms with van der Waals surface area (Å²) in [5.74, 6) is -2.11. The van der Waals surface area contributed by atoms with Crippen LogP contribution in [0.1, 0.15) is 45.1 Å². The molecule has 11 heteroatoms. The second-order valence-corrected chi connectivity index (χ2v) is 9.28. The van der Waals surface area contributed by atoms with E-state index < -0.39 is 41.9 Å². The van der Waals surface area contributed by atoms with Crippen molar-refractivity contribution in [1.29, 1.82) is 0 Å². The predicted octanol–water partition coefficient (Wildman–Crippen LogP) is 0.929. The molecule has 4 amide bonds. The minimum atomic E-state index is -1.41. The number of piperidine rings is 1. The first-order valence-corrected chi connectivity index (χ1v) is 11.8. The molecule has 0 radical (unpaired) electrons. The Labute approximate surface area is 204 Å². The molecule has 1 aliphatic rings. The minimum absolute atomic E-state index is 0.0192. The Kier molecular flexibility index (Phi) is 10.9. The fraction of sp³-hybridized carbons (Fsp3) is 0.583. The Morgan fingerprint density at radius 2 is 1.74 bits per heavy atom. The average Bonchev–Trinajstić information content (AvgIpc) is 2.79. The van der Waals surface area contributed by atoms with Gasteiger partial charge in [0.2, 0.25) is 17.7 Å². The Hall–Kier alpha value is -3.21. The molecule has 35 heavy (non-hydrogen) atoms. The van der Waals surface area contributed by atoms with Gasteiger partial charge in [0, 0.05) is 18.9 Å². The van der Waals surface area contributed by atoms with Crippen molar-refractivity contribution in [3.8, 4) is 0 Å². The second-order valence-electron chi connectivity index (χ2n) is 9.28. The smallest absolute Gasteiger partial charge is 0.405 e. The topological polar surface area (TPSA) is 157 Å². The molecule has 1 aromatic carbocycles. The lowest BCUT2D eigenvalue weighted by Crippen LogP contribution is -2.56. The zero-order chi connectivity index (χ0) is 26.0. The van der Waals surface area contributed by atoms with Gasteiger partial charge in [-0.25, -0.2) is 9.18 Å². The first-order chi connectivity index (χ1) is 16.6. The molecule has 1 aromatic rings. The van der Waals surface area contributed by atoms with Gasteiger partial charge in [0.05, 0.1) is 12.6 Å². The molecule has 0 spiro atoms. The zero-order valence-electron chi connectivity index (χ0n) is 20.1. The van der Waals surface area contributed by atoms with Gasteiger partial charge in [0.15, 0.2) is 0 Å². The van der Waals surface area contributed by atoms with Gasteiger partial charge in [-0.3, -0.25) is 14.4 Å². The summed E-state index contributed by atoms with van der Waals surface area (Å²) in [6, 6.07) is 2.46. The molecule has 0 bridgehead atoms. The standard InChI is InChI=1S/C24H35FN4O6/c1-14(2)10-19(22(32)27-18(13-30)12-16-4-3-9-26-21(16)31)28-23(33)20(29-24(34)35)11-15-5-7-17(25)8-6-15/h5-8,14,16,18-20,29-30H,3-4,9-13H2,1-2H3,(H,26,31)(H,27,32)(H,28,33)(H,34,35). The molecule has 10 nitrogen and oxygen atoms in total. The summed E-state index contributed by atoms with van der Waals surface area (Å²) in [7, 11) is 0. The highest BCUT2D eigenvalue weighted by molar-refractivity contribution is 5.91. The Morgan fingerprint density at radius 3 is 2.31 bits per heavy atom. The van der Waals surface area contributed by atoms with Crippen LogP contribution < -0.4 is 21.3 Å². The number of aliphatic hydroxyl groups excluding tert-OH is 1. The highest BCUT2D eigenvalue weighted by Crippen LogP contribution is 2.18. The van der Waals surface area contributed by atoms with Gasteiger partial charge < -0.3 is 31.5 Å². The fourth-order valence-corrected chi connectivity index (χ4v) is 4.07. The third-order valence-electron chi connectivity index (χ3n) is 5.84. The van der Waals surface area contributed by atoms with Crippen molar-refractivity contribution >= 4 is 23.8 Å². The van der Waals surface area contributed by atoms with Crippen molar-refractivity contribution in [3.05, 3.63) is 35.6 Å². The maximum absolute atomic E-state index is 13.2. The van der Waals surface area contributed by atoms with Crippen LogP contribution in [-0.4, -0.2) is 65.3 Å². The summed E-state index contributed by atoms with van der Waals surface area (Å²) in [5.41, 5.74) is 0.538. The summed E-state index contributed by atoms with van der Waals surface area (Å²) in [6.07, 6.45) is 0.574. The van der Waals surface area contributed by atoms with E-state index in [1.807, 2.05) is 13.8 Å². The highest BCUT2D eigenvalue weighted by atomic mass is 19.1. The van der Waals surface area contributed by atoms with E-state index in [1.165, 1.54) is 24.3 Å². The van der Waals surface area contributed by atoms with Crippen molar-refractivity contribution in [2.75, 3.05) is 13.2 Å². The number of hydrogen-bond acceptors (Lipinski definition) is 5. The van der Waals surface area contributed by atoms with Gasteiger partial charge in [-0.15, -0.1) is 0 Å². The molecule has 0 aromatic heterocycles. The Balaban J connectivity index is 2.08. The fourth-order valence-electron chi connectivity index (χ4n) is 4.07. The molecule has 0 saturated carbocycles. The van der Waals surface area contributed by atoms with Crippen LogP contribution in [-0.2, 0) is 20.8 Å². The minimum Gasteiger partial charge on any atom is -0.465 e. The van der Waals surface area contributed by atoms with Crippen molar-refractivity contribution in [3.63, 3.8) is 0 Å². The van der Waals surface area contributed by atoms with Crippen LogP contribution in [0, 0.1) is 17.7 Å². The number of carboxylic acid groups (broad SMARTS) is 1. The number of carbonyl (C=O) groups excluding carboxylic acids is 3. The normalized spacial score (nSPS) is 18.2. The lowest BCUT2D eigenvalue weighted by atomic mass is 9.91. The quantitative estimate of drug-likeness (QED) is 0.254. The Morgan fingerprint density at radius 1 is 1.09 bits per heavy atom. The summed E-state index contributed by atoms with van der Waals surface area (Å²) < 4.78 is 13.2. The number of hydrogen-bond donors (Lipinski definition) is 6. The molecular formula is C24H35FN4O6. The van der Waals surface area contributed by atoms with E-state index in [1.54, 1.807) is 0 Å². The van der Waals surface area contributed by atoms with Gasteiger partial charge in [-0.2, -0.15) is 0 Å². The summed E-state index contributed by atoms with van der Waals surface area (Å²) >= 11 is 0. The molecule has 2 rings (SSSR count). The first-order valence-electron chi connectivity index (χ1n) is 11.8. The van der Waals surface area contributed by atoms with Gasteiger partial charge in [-0.1, -0.05) is 26.0 Å². The lowest BCUT2D eigenvalue weighted by molar-refractivity contribution is -0.131. The summed E-state index contributed by atoms with van der Waals surface area (Å²) in [6.45, 7) is 3.98. The van der Waals surface area contributed by atoms with Gasteiger partial charge in [-0.05, 0) is 49.3 Å². The van der Waals surface area contributed by atoms with Crippen LogP contribution in [0.4, 0.5) is 9.18 Å². The summed E-state index contributed by atoms with van der Waals surface area (Å²) in [5, 5.41) is 29.2. The van der Waals surface area contributed by atoms with Crippen molar-refractivity contribution in [2.24, 2.45) is 11.8 Å². The van der Waals surface area contributed by atoms with Gasteiger partial charge in [0.25, 0.3) is 0 Å². The van der Waals surface area contributed by atoms with Crippen LogP contribution in [0.15, 0.2) is 24.3 Å². The Bertz CT molecular complexity index is 879. The maximum atomic E-state index is 13.2. The molecule has 6 N–H and O–H groups in total. The number of halogens is 1. The average molecular weight is 495 g/mol. The van der Waals surface area contributed by atoms with Gasteiger partial charge in [0.1, 0.15) is 17.9 Å². The zero-order valence-corrected chi connectivity index (χ0v) is 20.1. The first kappa shape index (κ1) is 28.0. The van der Waals surface area contributed by atoms with E-state index in [0.717, 1.165) is 6.42 Å². The largest absolute Gasteiger partial charge is 0.465 e. The number of amides is 4. The molecule has 1 fully saturated rings. The van der Waals surface area contributed by atoms with E-state index in [4.69, 9.17) is 0 Å². The van der Waals surface area contributed by atoms with E-state index in [2.05, 4.69) is 21.3 Å². The molecule has 4 atom stereocenters. The molecule has 1 heterocycles. The lowest BCUT2D eigenvalue weighted by Gasteiger charge is -2.28. The van der Waals surface area contributed by atoms with Crippen molar-refractivity contribution in [1.82, 2.24) is 21.3 Å². The highest BCUT2D eigenvalue weighted by Gasteiger charge is 2.30. The van der Waals surface area contributed by atoms with Crippen LogP contribution in [0.25, 0.3) is 0 Å². The van der Waals surface area contributed by atoms with E-state index >= 15 is 0 Å². The third kappa shape index (κ3) is 9.51. The monoisotopic (exact) mass is 494 g/mol. The van der Waals surface area contributed by atoms with Crippen LogP contribution >= 0.6 is 0 Å². The van der Waals surface area contributed by atoms with Crippen LogP contribution in [0.5, 0.6) is 0 Å². The maximum Gasteiger partial charge on any atom is 0.405 e. The molecular weight excluding hydrogens is 459 g/mol. The number of carbonyl (C=O) groups is 4. The van der Waals surface area contributed by atoms with E-state index in [0.29, 0.717) is 18.5 Å². The second kappa shape index (κ2) is 13.6. The van der Waals surface area contributed by atoms with Crippen molar-refractivity contribution < 1.29 is 33.8 Å². The number of nitrogens with one attached hydrogen (secondary N) is 4. The number of aliphatic hydroxyl groups is 1. The molecule has 1 saturated heterocycles. The predicted molar refractivity (Wildman–Crippen MR) is 126 cm³/mol. The molecule has 1 aliphatic heterocycles. The van der Waals surface area contributed by atoms with E-state index in [9.17, 15) is 33.8 Å². The summed E-state index contributed by atoms with van der Waals surface area (Å²) in [4.78, 5) is 49.3. The SMILES string of the molecule is CC(C)CC(NC(=O)C(Cc1ccc(F)cc1)NC(=O)O)C(=O)NC(CO)CC1CCCNC1=O. The molecule has 0 aliphatic carbocycles. The van der Waals surface area contributed by atoms with Crippen molar-refractivity contribution in [2.45, 2.75) is 64.1 Å². The van der Waals surface area contributed by atoms with Gasteiger partial charge >= 0.3 is 6.09 Å². The van der Waals surface area contributed by atoms with Crippen LogP contribution in [0.2, 0.25) is 0 Å². The number of rotatable bonds is 12. The molecule has 194 valence electrons. The van der Waals surface area contributed by atoms with Crippen LogP contribution in [0.3, 0.4) is 0 Å². The number of benzene rings is 1. The molecule has 4 unspecified atom stereocenters. The third-order valence-corrected chi connectivity index (χ3v) is 5.84.